The highest BCUT2D eigenvalue weighted by Crippen LogP contribution is 2.31. The number of unbranched alkanes of at least 4 members (excludes halogenated alkanes) is 1. The first-order chi connectivity index (χ1) is 21.4. The van der Waals surface area contributed by atoms with Crippen LogP contribution in [-0.4, -0.2) is 67.9 Å². The fourth-order valence-corrected chi connectivity index (χ4v) is 5.63. The van der Waals surface area contributed by atoms with Gasteiger partial charge in [0, 0.05) is 41.3 Å². The fourth-order valence-electron chi connectivity index (χ4n) is 5.50. The second-order valence-electron chi connectivity index (χ2n) is 10.9. The average molecular weight is 619 g/mol. The first-order valence-electron chi connectivity index (χ1n) is 15.1. The Morgan fingerprint density at radius 3 is 2.48 bits per heavy atom. The molecule has 9 heteroatoms. The van der Waals surface area contributed by atoms with Crippen molar-refractivity contribution in [2.45, 2.75) is 39.2 Å². The summed E-state index contributed by atoms with van der Waals surface area (Å²) in [6.45, 7) is 7.67. The zero-order valence-electron chi connectivity index (χ0n) is 25.5. The van der Waals surface area contributed by atoms with Gasteiger partial charge in [0.1, 0.15) is 18.1 Å². The number of halogens is 1. The maximum Gasteiger partial charge on any atom is 0.310 e. The van der Waals surface area contributed by atoms with Crippen molar-refractivity contribution in [1.29, 1.82) is 0 Å². The van der Waals surface area contributed by atoms with Crippen molar-refractivity contribution < 1.29 is 28.5 Å². The lowest BCUT2D eigenvalue weighted by Crippen LogP contribution is -2.40. The van der Waals surface area contributed by atoms with Gasteiger partial charge in [0.25, 0.3) is 5.91 Å². The van der Waals surface area contributed by atoms with Crippen LogP contribution in [0.25, 0.3) is 10.9 Å². The molecule has 0 bridgehead atoms. The number of carbonyl (C=O) groups excluding carboxylic acids is 2. The molecule has 0 aliphatic carbocycles. The molecule has 1 fully saturated rings. The van der Waals surface area contributed by atoms with Crippen LogP contribution < -0.4 is 9.47 Å². The first-order valence-corrected chi connectivity index (χ1v) is 15.5. The highest BCUT2D eigenvalue weighted by atomic mass is 35.5. The summed E-state index contributed by atoms with van der Waals surface area (Å²) in [6.07, 6.45) is 2.12. The molecule has 0 N–H and O–H groups in total. The third kappa shape index (κ3) is 7.44. The molecular formula is C35H39ClN2O6. The molecule has 1 saturated heterocycles. The van der Waals surface area contributed by atoms with Crippen LogP contribution in [0.4, 0.5) is 0 Å². The van der Waals surface area contributed by atoms with Crippen LogP contribution in [0.1, 0.15) is 53.0 Å². The third-order valence-electron chi connectivity index (χ3n) is 8.00. The van der Waals surface area contributed by atoms with Gasteiger partial charge in [0.2, 0.25) is 0 Å². The molecule has 1 aliphatic rings. The number of hydrogen-bond acceptors (Lipinski definition) is 7. The normalized spacial score (nSPS) is 15.3. The van der Waals surface area contributed by atoms with E-state index >= 15 is 0 Å². The van der Waals surface area contributed by atoms with E-state index < -0.39 is 0 Å². The second kappa shape index (κ2) is 14.8. The van der Waals surface area contributed by atoms with Gasteiger partial charge < -0.3 is 18.9 Å². The van der Waals surface area contributed by atoms with Crippen LogP contribution >= 0.6 is 11.6 Å². The van der Waals surface area contributed by atoms with Crippen molar-refractivity contribution in [2.75, 3.05) is 46.6 Å². The first kappa shape index (κ1) is 31.6. The van der Waals surface area contributed by atoms with Crippen LogP contribution in [-0.2, 0) is 20.7 Å². The van der Waals surface area contributed by atoms with Crippen LogP contribution in [0.2, 0.25) is 5.02 Å². The molecule has 4 aromatic rings. The topological polar surface area (TPSA) is 79.2 Å². The Morgan fingerprint density at radius 1 is 1.00 bits per heavy atom. The van der Waals surface area contributed by atoms with E-state index in [4.69, 9.17) is 30.5 Å². The number of hydrogen-bond donors (Lipinski definition) is 0. The zero-order chi connectivity index (χ0) is 31.1. The van der Waals surface area contributed by atoms with E-state index in [0.717, 1.165) is 48.3 Å². The van der Waals surface area contributed by atoms with E-state index in [0.29, 0.717) is 47.2 Å². The quantitative estimate of drug-likeness (QED) is 0.130. The molecule has 8 nitrogen and oxygen atoms in total. The molecule has 0 spiro atoms. The molecule has 5 rings (SSSR count). The van der Waals surface area contributed by atoms with Crippen LogP contribution in [0.15, 0.2) is 66.7 Å². The van der Waals surface area contributed by atoms with Gasteiger partial charge in [-0.1, -0.05) is 37.1 Å². The molecule has 0 saturated carbocycles. The minimum absolute atomic E-state index is 0.0365. The van der Waals surface area contributed by atoms with Crippen LogP contribution in [0.3, 0.4) is 0 Å². The minimum atomic E-state index is -0.350. The number of morpholine rings is 1. The molecular weight excluding hydrogens is 580 g/mol. The zero-order valence-corrected chi connectivity index (χ0v) is 26.3. The lowest BCUT2D eigenvalue weighted by molar-refractivity contribution is -0.143. The predicted octanol–water partition coefficient (Wildman–Crippen LogP) is 6.64. The van der Waals surface area contributed by atoms with Gasteiger partial charge in [-0.05, 0) is 79.1 Å². The second-order valence-corrected chi connectivity index (χ2v) is 11.4. The monoisotopic (exact) mass is 618 g/mol. The van der Waals surface area contributed by atoms with E-state index in [1.54, 1.807) is 42.0 Å². The Labute approximate surface area is 263 Å². The smallest absolute Gasteiger partial charge is 0.310 e. The van der Waals surface area contributed by atoms with E-state index in [-0.39, 0.29) is 31.0 Å². The Bertz CT molecular complexity index is 1580. The molecule has 1 aliphatic heterocycles. The van der Waals surface area contributed by atoms with Crippen molar-refractivity contribution in [3.05, 3.63) is 94.1 Å². The summed E-state index contributed by atoms with van der Waals surface area (Å²) < 4.78 is 24.6. The van der Waals surface area contributed by atoms with E-state index in [2.05, 4.69) is 24.0 Å². The number of methoxy groups -OCH3 is 1. The van der Waals surface area contributed by atoms with E-state index in [1.165, 1.54) is 0 Å². The Hall–Kier alpha value is -3.85. The van der Waals surface area contributed by atoms with Gasteiger partial charge >= 0.3 is 5.97 Å². The Morgan fingerprint density at radius 2 is 1.75 bits per heavy atom. The number of nitrogens with zero attached hydrogens (tertiary/aromatic N) is 2. The predicted molar refractivity (Wildman–Crippen MR) is 171 cm³/mol. The molecule has 1 aromatic heterocycles. The lowest BCUT2D eigenvalue weighted by atomic mass is 10.1. The minimum Gasteiger partial charge on any atom is -0.497 e. The van der Waals surface area contributed by atoms with Gasteiger partial charge in [-0.15, -0.1) is 0 Å². The third-order valence-corrected chi connectivity index (χ3v) is 8.25. The molecule has 1 unspecified atom stereocenters. The van der Waals surface area contributed by atoms with Crippen LogP contribution in [0, 0.1) is 6.92 Å². The highest BCUT2D eigenvalue weighted by Gasteiger charge is 2.24. The fraction of sp³-hybridized carbons (Fsp3) is 0.371. The molecule has 232 valence electrons. The van der Waals surface area contributed by atoms with Crippen molar-refractivity contribution in [3.63, 3.8) is 0 Å². The van der Waals surface area contributed by atoms with Crippen LogP contribution in [0.5, 0.6) is 11.5 Å². The standard InChI is InChI=1S/C35H39ClN2O6/c1-4-5-18-42-28-12-8-25(9-13-28)33-23-37(16-19-43-33)17-20-44-34(39)22-30-24(2)38(32-15-14-29(41-3)21-31(30)32)35(40)26-6-10-27(36)11-7-26/h6-15,21,33H,4-5,16-20,22-23H2,1-3H3. The van der Waals surface area contributed by atoms with Gasteiger partial charge in [-0.25, -0.2) is 0 Å². The molecule has 1 atom stereocenters. The molecule has 0 radical (unpaired) electrons. The summed E-state index contributed by atoms with van der Waals surface area (Å²) in [5.74, 6) is 0.962. The number of rotatable bonds is 12. The summed E-state index contributed by atoms with van der Waals surface area (Å²) in [6, 6.07) is 20.4. The van der Waals surface area contributed by atoms with E-state index in [9.17, 15) is 9.59 Å². The number of ether oxygens (including phenoxy) is 4. The molecule has 44 heavy (non-hydrogen) atoms. The Balaban J connectivity index is 1.21. The van der Waals surface area contributed by atoms with Gasteiger partial charge in [0.05, 0.1) is 38.4 Å². The number of fused-ring (bicyclic) bond motifs is 1. The summed E-state index contributed by atoms with van der Waals surface area (Å²) >= 11 is 6.04. The largest absolute Gasteiger partial charge is 0.497 e. The summed E-state index contributed by atoms with van der Waals surface area (Å²) in [4.78, 5) is 28.9. The number of benzene rings is 3. The Kier molecular flexibility index (Phi) is 10.6. The van der Waals surface area contributed by atoms with E-state index in [1.807, 2.05) is 31.2 Å². The number of carbonyl (C=O) groups is 2. The number of esters is 1. The molecule has 0 amide bonds. The summed E-state index contributed by atoms with van der Waals surface area (Å²) in [7, 11) is 1.59. The van der Waals surface area contributed by atoms with Crippen molar-refractivity contribution >= 4 is 34.4 Å². The lowest BCUT2D eigenvalue weighted by Gasteiger charge is -2.33. The average Bonchev–Trinajstić information content (AvgIpc) is 3.31. The molecule has 3 aromatic carbocycles. The molecule has 2 heterocycles. The van der Waals surface area contributed by atoms with Crippen molar-refractivity contribution in [3.8, 4) is 11.5 Å². The maximum atomic E-state index is 13.5. The number of aromatic nitrogens is 1. The SMILES string of the molecule is CCCCOc1ccc(C2CN(CCOC(=O)Cc3c(C)n(C(=O)c4ccc(Cl)cc4)c4ccc(OC)cc34)CCO2)cc1. The summed E-state index contributed by atoms with van der Waals surface area (Å²) in [5.41, 5.74) is 3.72. The van der Waals surface area contributed by atoms with Crippen molar-refractivity contribution in [1.82, 2.24) is 9.47 Å². The highest BCUT2D eigenvalue weighted by molar-refractivity contribution is 6.30. The maximum absolute atomic E-state index is 13.5. The van der Waals surface area contributed by atoms with Gasteiger partial charge in [-0.3, -0.25) is 19.1 Å². The summed E-state index contributed by atoms with van der Waals surface area (Å²) in [5, 5.41) is 1.33. The van der Waals surface area contributed by atoms with Crippen molar-refractivity contribution in [2.24, 2.45) is 0 Å². The van der Waals surface area contributed by atoms with Gasteiger partial charge in [-0.2, -0.15) is 0 Å². The van der Waals surface area contributed by atoms with Gasteiger partial charge in [0.15, 0.2) is 0 Å².